The van der Waals surface area contributed by atoms with E-state index in [1.165, 1.54) is 0 Å². The Morgan fingerprint density at radius 1 is 1.28 bits per heavy atom. The lowest BCUT2D eigenvalue weighted by Gasteiger charge is -2.35. The summed E-state index contributed by atoms with van der Waals surface area (Å²) in [4.78, 5) is 14.6. The zero-order chi connectivity index (χ0) is 12.6. The minimum absolute atomic E-state index is 0.113. The summed E-state index contributed by atoms with van der Waals surface area (Å²) >= 11 is 0. The van der Waals surface area contributed by atoms with Gasteiger partial charge in [-0.15, -0.1) is 0 Å². The third kappa shape index (κ3) is 1.74. The molecule has 2 aliphatic rings. The standard InChI is InChI=1S/C15H19NO2/c1-12-11-18-15(9-5-6-10-15)16(12)14(17)13-7-3-2-4-8-13/h2-4,7-8,12H,5-6,9-11H2,1H3/t12-/m0/s1. The van der Waals surface area contributed by atoms with Gasteiger partial charge in [0.1, 0.15) is 5.72 Å². The predicted octanol–water partition coefficient (Wildman–Crippen LogP) is 2.82. The molecule has 0 bridgehead atoms. The van der Waals surface area contributed by atoms with Crippen LogP contribution >= 0.6 is 0 Å². The van der Waals surface area contributed by atoms with Crippen molar-refractivity contribution in [3.63, 3.8) is 0 Å². The van der Waals surface area contributed by atoms with Crippen molar-refractivity contribution in [3.05, 3.63) is 35.9 Å². The first kappa shape index (κ1) is 11.7. The fourth-order valence-corrected chi connectivity index (χ4v) is 3.24. The van der Waals surface area contributed by atoms with E-state index in [9.17, 15) is 4.79 Å². The first-order valence-corrected chi connectivity index (χ1v) is 6.76. The maximum Gasteiger partial charge on any atom is 0.256 e. The Balaban J connectivity index is 1.92. The van der Waals surface area contributed by atoms with Crippen molar-refractivity contribution in [3.8, 4) is 0 Å². The van der Waals surface area contributed by atoms with Crippen molar-refractivity contribution < 1.29 is 9.53 Å². The summed E-state index contributed by atoms with van der Waals surface area (Å²) in [7, 11) is 0. The molecule has 18 heavy (non-hydrogen) atoms. The zero-order valence-electron chi connectivity index (χ0n) is 10.8. The Labute approximate surface area is 108 Å². The second-order valence-corrected chi connectivity index (χ2v) is 5.35. The molecular formula is C15H19NO2. The van der Waals surface area contributed by atoms with E-state index in [1.54, 1.807) is 0 Å². The molecule has 96 valence electrons. The fraction of sp³-hybridized carbons (Fsp3) is 0.533. The predicted molar refractivity (Wildman–Crippen MR) is 69.2 cm³/mol. The molecule has 0 N–H and O–H groups in total. The molecule has 3 heteroatoms. The number of ether oxygens (including phenoxy) is 1. The van der Waals surface area contributed by atoms with Crippen LogP contribution < -0.4 is 0 Å². The molecule has 1 aliphatic carbocycles. The van der Waals surface area contributed by atoms with Crippen LogP contribution in [0.15, 0.2) is 30.3 Å². The minimum atomic E-state index is -0.313. The van der Waals surface area contributed by atoms with Crippen LogP contribution in [0, 0.1) is 0 Å². The van der Waals surface area contributed by atoms with Gasteiger partial charge in [-0.25, -0.2) is 0 Å². The molecule has 0 unspecified atom stereocenters. The van der Waals surface area contributed by atoms with Crippen LogP contribution in [0.1, 0.15) is 43.0 Å². The van der Waals surface area contributed by atoms with Crippen LogP contribution in [0.25, 0.3) is 0 Å². The van der Waals surface area contributed by atoms with Crippen molar-refractivity contribution in [2.45, 2.75) is 44.4 Å². The molecule has 2 fully saturated rings. The van der Waals surface area contributed by atoms with E-state index in [2.05, 4.69) is 6.92 Å². The minimum Gasteiger partial charge on any atom is -0.353 e. The van der Waals surface area contributed by atoms with E-state index in [0.717, 1.165) is 31.2 Å². The normalized spacial score (nSPS) is 25.8. The maximum absolute atomic E-state index is 12.7. The lowest BCUT2D eigenvalue weighted by Crippen LogP contribution is -2.49. The lowest BCUT2D eigenvalue weighted by atomic mass is 10.1. The van der Waals surface area contributed by atoms with Gasteiger partial charge in [-0.3, -0.25) is 4.79 Å². The zero-order valence-corrected chi connectivity index (χ0v) is 10.8. The summed E-state index contributed by atoms with van der Waals surface area (Å²) in [6, 6.07) is 9.71. The third-order valence-corrected chi connectivity index (χ3v) is 4.10. The highest BCUT2D eigenvalue weighted by molar-refractivity contribution is 5.95. The first-order valence-electron chi connectivity index (χ1n) is 6.76. The van der Waals surface area contributed by atoms with E-state index < -0.39 is 0 Å². The van der Waals surface area contributed by atoms with Gasteiger partial charge in [0.25, 0.3) is 5.91 Å². The Kier molecular flexibility index (Phi) is 2.86. The Morgan fingerprint density at radius 2 is 1.94 bits per heavy atom. The third-order valence-electron chi connectivity index (χ3n) is 4.10. The smallest absolute Gasteiger partial charge is 0.256 e. The van der Waals surface area contributed by atoms with Gasteiger partial charge in [0, 0.05) is 5.56 Å². The molecular weight excluding hydrogens is 226 g/mol. The van der Waals surface area contributed by atoms with Gasteiger partial charge in [0.05, 0.1) is 12.6 Å². The number of rotatable bonds is 1. The van der Waals surface area contributed by atoms with Crippen LogP contribution in [0.3, 0.4) is 0 Å². The van der Waals surface area contributed by atoms with Gasteiger partial charge in [0.2, 0.25) is 0 Å². The van der Waals surface area contributed by atoms with Crippen molar-refractivity contribution in [2.24, 2.45) is 0 Å². The quantitative estimate of drug-likeness (QED) is 0.761. The Bertz CT molecular complexity index is 437. The largest absolute Gasteiger partial charge is 0.353 e. The van der Waals surface area contributed by atoms with Crippen LogP contribution in [0.2, 0.25) is 0 Å². The molecule has 1 saturated carbocycles. The monoisotopic (exact) mass is 245 g/mol. The molecule has 0 aromatic heterocycles. The van der Waals surface area contributed by atoms with Gasteiger partial charge in [-0.1, -0.05) is 18.2 Å². The average Bonchev–Trinajstić information content (AvgIpc) is 2.99. The highest BCUT2D eigenvalue weighted by atomic mass is 16.5. The molecule has 0 radical (unpaired) electrons. The molecule has 1 amide bonds. The lowest BCUT2D eigenvalue weighted by molar-refractivity contribution is -0.0637. The molecule has 1 atom stereocenters. The number of hydrogen-bond acceptors (Lipinski definition) is 2. The summed E-state index contributed by atoms with van der Waals surface area (Å²) in [6.45, 7) is 2.74. The molecule has 3 nitrogen and oxygen atoms in total. The van der Waals surface area contributed by atoms with Gasteiger partial charge in [-0.2, -0.15) is 0 Å². The second kappa shape index (κ2) is 4.39. The Hall–Kier alpha value is -1.35. The number of carbonyl (C=O) groups excluding carboxylic acids is 1. The number of amides is 1. The maximum atomic E-state index is 12.7. The summed E-state index contributed by atoms with van der Waals surface area (Å²) < 4.78 is 5.97. The number of hydrogen-bond donors (Lipinski definition) is 0. The number of nitrogens with zero attached hydrogens (tertiary/aromatic N) is 1. The van der Waals surface area contributed by atoms with Crippen molar-refractivity contribution in [1.29, 1.82) is 0 Å². The summed E-state index contributed by atoms with van der Waals surface area (Å²) in [6.07, 6.45) is 4.28. The topological polar surface area (TPSA) is 29.5 Å². The highest BCUT2D eigenvalue weighted by Crippen LogP contribution is 2.42. The van der Waals surface area contributed by atoms with Crippen LogP contribution in [-0.4, -0.2) is 29.2 Å². The first-order chi connectivity index (χ1) is 8.73. The van der Waals surface area contributed by atoms with Gasteiger partial charge in [0.15, 0.2) is 0 Å². The van der Waals surface area contributed by atoms with Crippen LogP contribution in [0.4, 0.5) is 0 Å². The fourth-order valence-electron chi connectivity index (χ4n) is 3.24. The molecule has 1 saturated heterocycles. The van der Waals surface area contributed by atoms with E-state index in [1.807, 2.05) is 35.2 Å². The SMILES string of the molecule is C[C@H]1COC2(CCCC2)N1C(=O)c1ccccc1. The van der Waals surface area contributed by atoms with Gasteiger partial charge >= 0.3 is 0 Å². The molecule has 1 spiro atoms. The van der Waals surface area contributed by atoms with Crippen molar-refractivity contribution in [2.75, 3.05) is 6.61 Å². The van der Waals surface area contributed by atoms with E-state index in [-0.39, 0.29) is 17.7 Å². The molecule has 3 rings (SSSR count). The van der Waals surface area contributed by atoms with Gasteiger partial charge in [-0.05, 0) is 44.7 Å². The van der Waals surface area contributed by atoms with Crippen molar-refractivity contribution >= 4 is 5.91 Å². The van der Waals surface area contributed by atoms with Crippen LogP contribution in [-0.2, 0) is 4.74 Å². The molecule has 1 aromatic carbocycles. The summed E-state index contributed by atoms with van der Waals surface area (Å²) in [5, 5.41) is 0. The van der Waals surface area contributed by atoms with E-state index >= 15 is 0 Å². The molecule has 1 aliphatic heterocycles. The average molecular weight is 245 g/mol. The van der Waals surface area contributed by atoms with Crippen molar-refractivity contribution in [1.82, 2.24) is 4.90 Å². The molecule has 1 heterocycles. The summed E-state index contributed by atoms with van der Waals surface area (Å²) in [5.74, 6) is 0.113. The van der Waals surface area contributed by atoms with Gasteiger partial charge < -0.3 is 9.64 Å². The number of carbonyl (C=O) groups is 1. The number of benzene rings is 1. The van der Waals surface area contributed by atoms with Crippen LogP contribution in [0.5, 0.6) is 0 Å². The second-order valence-electron chi connectivity index (χ2n) is 5.35. The van der Waals surface area contributed by atoms with E-state index in [0.29, 0.717) is 6.61 Å². The van der Waals surface area contributed by atoms with E-state index in [4.69, 9.17) is 4.74 Å². The summed E-state index contributed by atoms with van der Waals surface area (Å²) in [5.41, 5.74) is 0.452. The Morgan fingerprint density at radius 3 is 2.61 bits per heavy atom. The highest BCUT2D eigenvalue weighted by Gasteiger charge is 2.50. The molecule has 1 aromatic rings.